The number of benzene rings is 1. The fraction of sp³-hybridized carbons (Fsp3) is 0.667. The number of rotatable bonds is 4. The van der Waals surface area contributed by atoms with Gasteiger partial charge < -0.3 is 10.6 Å². The van der Waals surface area contributed by atoms with Gasteiger partial charge in [-0.15, -0.1) is 0 Å². The first-order valence-electron chi connectivity index (χ1n) is 8.16. The van der Waals surface area contributed by atoms with E-state index >= 15 is 0 Å². The van der Waals surface area contributed by atoms with Crippen molar-refractivity contribution in [2.24, 2.45) is 11.7 Å². The minimum Gasteiger partial charge on any atom is -0.365 e. The van der Waals surface area contributed by atoms with Crippen molar-refractivity contribution in [2.75, 3.05) is 18.0 Å². The van der Waals surface area contributed by atoms with E-state index in [1.165, 1.54) is 43.4 Å². The highest BCUT2D eigenvalue weighted by Gasteiger charge is 2.36. The van der Waals surface area contributed by atoms with Gasteiger partial charge in [-0.05, 0) is 50.7 Å². The van der Waals surface area contributed by atoms with Crippen LogP contribution in [0.3, 0.4) is 0 Å². The average molecular weight is 274 g/mol. The maximum atomic E-state index is 6.28. The zero-order valence-corrected chi connectivity index (χ0v) is 13.4. The van der Waals surface area contributed by atoms with Gasteiger partial charge >= 0.3 is 0 Å². The van der Waals surface area contributed by atoms with Crippen molar-refractivity contribution in [3.05, 3.63) is 29.8 Å². The highest BCUT2D eigenvalue weighted by molar-refractivity contribution is 5.55. The molecule has 1 saturated carbocycles. The lowest BCUT2D eigenvalue weighted by molar-refractivity contribution is 0.345. The summed E-state index contributed by atoms with van der Waals surface area (Å²) < 4.78 is 0. The second kappa shape index (κ2) is 6.62. The number of aryl methyl sites for hydroxylation is 1. The summed E-state index contributed by atoms with van der Waals surface area (Å²) >= 11 is 0. The molecule has 1 aromatic rings. The molecular formula is C18H30N2. The summed E-state index contributed by atoms with van der Waals surface area (Å²) in [4.78, 5) is 2.58. The molecule has 1 aliphatic carbocycles. The fourth-order valence-electron chi connectivity index (χ4n) is 3.78. The van der Waals surface area contributed by atoms with Gasteiger partial charge in [-0.3, -0.25) is 0 Å². The molecule has 0 spiro atoms. The van der Waals surface area contributed by atoms with Gasteiger partial charge in [0.15, 0.2) is 0 Å². The molecule has 0 aromatic heterocycles. The van der Waals surface area contributed by atoms with Crippen LogP contribution in [0.2, 0.25) is 0 Å². The van der Waals surface area contributed by atoms with Gasteiger partial charge in [-0.1, -0.05) is 38.0 Å². The van der Waals surface area contributed by atoms with Crippen LogP contribution >= 0.6 is 0 Å². The van der Waals surface area contributed by atoms with E-state index in [9.17, 15) is 0 Å². The summed E-state index contributed by atoms with van der Waals surface area (Å²) in [7, 11) is 0. The van der Waals surface area contributed by atoms with E-state index < -0.39 is 0 Å². The van der Waals surface area contributed by atoms with Gasteiger partial charge in [0.25, 0.3) is 0 Å². The molecule has 1 fully saturated rings. The molecule has 2 rings (SSSR count). The summed E-state index contributed by atoms with van der Waals surface area (Å²) in [6.45, 7) is 8.66. The number of likely N-dealkylation sites (N-methyl/N-ethyl adjacent to an activating group) is 1. The van der Waals surface area contributed by atoms with Crippen LogP contribution in [0.15, 0.2) is 24.3 Å². The molecule has 2 unspecified atom stereocenters. The van der Waals surface area contributed by atoms with E-state index in [2.05, 4.69) is 49.9 Å². The van der Waals surface area contributed by atoms with E-state index in [1.54, 1.807) is 0 Å². The van der Waals surface area contributed by atoms with Gasteiger partial charge in [0.05, 0.1) is 5.54 Å². The van der Waals surface area contributed by atoms with E-state index in [0.29, 0.717) is 0 Å². The Labute approximate surface area is 124 Å². The number of hydrogen-bond acceptors (Lipinski definition) is 2. The molecule has 1 aliphatic rings. The first-order valence-corrected chi connectivity index (χ1v) is 8.16. The Bertz CT molecular complexity index is 429. The van der Waals surface area contributed by atoms with E-state index in [1.807, 2.05) is 0 Å². The molecule has 0 radical (unpaired) electrons. The lowest BCUT2D eigenvalue weighted by atomic mass is 9.86. The van der Waals surface area contributed by atoms with Crippen LogP contribution in [0, 0.1) is 12.8 Å². The lowest BCUT2D eigenvalue weighted by Crippen LogP contribution is -2.54. The topological polar surface area (TPSA) is 29.3 Å². The largest absolute Gasteiger partial charge is 0.365 e. The van der Waals surface area contributed by atoms with Crippen LogP contribution in [0.1, 0.15) is 51.5 Å². The van der Waals surface area contributed by atoms with E-state index in [4.69, 9.17) is 5.73 Å². The van der Waals surface area contributed by atoms with Gasteiger partial charge in [0, 0.05) is 18.8 Å². The Morgan fingerprint density at radius 3 is 2.65 bits per heavy atom. The Hall–Kier alpha value is -1.02. The third kappa shape index (κ3) is 3.01. The standard InChI is InChI=1S/C18H30N2/c1-4-20(17-10-6-5-9-16(17)3)18(14-19)12-7-8-15(2)11-13-18/h5-6,9-10,15H,4,7-8,11-14,19H2,1-3H3. The van der Waals surface area contributed by atoms with Crippen LogP contribution in [-0.4, -0.2) is 18.6 Å². The molecule has 112 valence electrons. The Kier molecular flexibility index (Phi) is 5.09. The molecule has 0 saturated heterocycles. The number of anilines is 1. The van der Waals surface area contributed by atoms with Crippen molar-refractivity contribution in [3.8, 4) is 0 Å². The van der Waals surface area contributed by atoms with Gasteiger partial charge in [-0.2, -0.15) is 0 Å². The van der Waals surface area contributed by atoms with E-state index in [0.717, 1.165) is 19.0 Å². The maximum absolute atomic E-state index is 6.28. The van der Waals surface area contributed by atoms with Crippen LogP contribution in [0.4, 0.5) is 5.69 Å². The first-order chi connectivity index (χ1) is 9.63. The monoisotopic (exact) mass is 274 g/mol. The van der Waals surface area contributed by atoms with Crippen molar-refractivity contribution in [1.82, 2.24) is 0 Å². The second-order valence-electron chi connectivity index (χ2n) is 6.50. The van der Waals surface area contributed by atoms with Crippen LogP contribution < -0.4 is 10.6 Å². The molecule has 2 N–H and O–H groups in total. The normalized spacial score (nSPS) is 27.1. The molecule has 20 heavy (non-hydrogen) atoms. The van der Waals surface area contributed by atoms with Crippen LogP contribution in [-0.2, 0) is 0 Å². The number of nitrogens with zero attached hydrogens (tertiary/aromatic N) is 1. The van der Waals surface area contributed by atoms with Crippen molar-refractivity contribution < 1.29 is 0 Å². The Balaban J connectivity index is 2.34. The SMILES string of the molecule is CCN(c1ccccc1C)C1(CN)CCCC(C)CC1. The van der Waals surface area contributed by atoms with Crippen molar-refractivity contribution in [2.45, 2.75) is 58.4 Å². The molecule has 2 heteroatoms. The highest BCUT2D eigenvalue weighted by atomic mass is 15.2. The van der Waals surface area contributed by atoms with Crippen molar-refractivity contribution in [3.63, 3.8) is 0 Å². The molecule has 0 bridgehead atoms. The van der Waals surface area contributed by atoms with Crippen LogP contribution in [0.5, 0.6) is 0 Å². The summed E-state index contributed by atoms with van der Waals surface area (Å²) in [6.07, 6.45) is 6.43. The van der Waals surface area contributed by atoms with Crippen molar-refractivity contribution >= 4 is 5.69 Å². The van der Waals surface area contributed by atoms with Gasteiger partial charge in [0.2, 0.25) is 0 Å². The van der Waals surface area contributed by atoms with E-state index in [-0.39, 0.29) is 5.54 Å². The highest BCUT2D eigenvalue weighted by Crippen LogP contribution is 2.37. The maximum Gasteiger partial charge on any atom is 0.0524 e. The Morgan fingerprint density at radius 1 is 1.25 bits per heavy atom. The zero-order chi connectivity index (χ0) is 14.6. The predicted molar refractivity (Wildman–Crippen MR) is 88.2 cm³/mol. The third-order valence-corrected chi connectivity index (χ3v) is 5.12. The zero-order valence-electron chi connectivity index (χ0n) is 13.4. The molecule has 0 heterocycles. The number of para-hydroxylation sites is 1. The molecular weight excluding hydrogens is 244 g/mol. The number of hydrogen-bond donors (Lipinski definition) is 1. The third-order valence-electron chi connectivity index (χ3n) is 5.12. The summed E-state index contributed by atoms with van der Waals surface area (Å²) in [6, 6.07) is 8.73. The summed E-state index contributed by atoms with van der Waals surface area (Å²) in [5, 5.41) is 0. The fourth-order valence-corrected chi connectivity index (χ4v) is 3.78. The number of nitrogens with two attached hydrogens (primary N) is 1. The van der Waals surface area contributed by atoms with Gasteiger partial charge in [-0.25, -0.2) is 0 Å². The smallest absolute Gasteiger partial charge is 0.0524 e. The molecule has 0 aliphatic heterocycles. The minimum atomic E-state index is 0.158. The van der Waals surface area contributed by atoms with Gasteiger partial charge in [0.1, 0.15) is 0 Å². The quantitative estimate of drug-likeness (QED) is 0.837. The van der Waals surface area contributed by atoms with Crippen LogP contribution in [0.25, 0.3) is 0 Å². The summed E-state index contributed by atoms with van der Waals surface area (Å²) in [5.41, 5.74) is 9.16. The first kappa shape index (κ1) is 15.4. The Morgan fingerprint density at radius 2 is 2.00 bits per heavy atom. The molecule has 2 atom stereocenters. The van der Waals surface area contributed by atoms with Crippen molar-refractivity contribution in [1.29, 1.82) is 0 Å². The second-order valence-corrected chi connectivity index (χ2v) is 6.50. The summed E-state index contributed by atoms with van der Waals surface area (Å²) in [5.74, 6) is 0.846. The average Bonchev–Trinajstić information content (AvgIpc) is 2.65. The minimum absolute atomic E-state index is 0.158. The molecule has 0 amide bonds. The predicted octanol–water partition coefficient (Wildman–Crippen LogP) is 4.12. The molecule has 2 nitrogen and oxygen atoms in total. The lowest BCUT2D eigenvalue weighted by Gasteiger charge is -2.45. The molecule has 1 aromatic carbocycles.